The molecule has 0 radical (unpaired) electrons. The predicted octanol–water partition coefficient (Wildman–Crippen LogP) is 1.18. The van der Waals surface area contributed by atoms with Gasteiger partial charge in [-0.25, -0.2) is 4.68 Å². The number of aromatic nitrogens is 5. The van der Waals surface area contributed by atoms with Crippen LogP contribution in [0.2, 0.25) is 0 Å². The SMILES string of the molecule is COCCn1nnnc1[C@H](c1cc2cc(C)c(C)cc2[nH]c1=O)[NH+]1CCC[C@H](C)C1. The van der Waals surface area contributed by atoms with Gasteiger partial charge in [0.15, 0.2) is 6.04 Å². The van der Waals surface area contributed by atoms with Gasteiger partial charge in [-0.3, -0.25) is 4.79 Å². The number of rotatable bonds is 6. The molecule has 0 amide bonds. The maximum Gasteiger partial charge on any atom is 0.258 e. The number of hydrogen-bond acceptors (Lipinski definition) is 5. The molecule has 1 saturated heterocycles. The van der Waals surface area contributed by atoms with E-state index in [1.165, 1.54) is 22.4 Å². The van der Waals surface area contributed by atoms with Crippen molar-refractivity contribution in [3.05, 3.63) is 51.1 Å². The third kappa shape index (κ3) is 4.02. The Morgan fingerprint density at radius 2 is 2.10 bits per heavy atom. The zero-order valence-electron chi connectivity index (χ0n) is 18.2. The molecule has 2 aromatic heterocycles. The maximum atomic E-state index is 13.2. The normalized spacial score (nSPS) is 20.5. The first-order valence-electron chi connectivity index (χ1n) is 10.7. The van der Waals surface area contributed by atoms with Crippen LogP contribution in [0.15, 0.2) is 23.0 Å². The number of piperidine rings is 1. The number of aryl methyl sites for hydroxylation is 2. The molecule has 1 aromatic carbocycles. The highest BCUT2D eigenvalue weighted by Crippen LogP contribution is 2.22. The lowest BCUT2D eigenvalue weighted by Crippen LogP contribution is -3.14. The summed E-state index contributed by atoms with van der Waals surface area (Å²) in [6.45, 7) is 9.50. The number of aromatic amines is 1. The van der Waals surface area contributed by atoms with Crippen LogP contribution in [0.5, 0.6) is 0 Å². The lowest BCUT2D eigenvalue weighted by Gasteiger charge is -2.33. The van der Waals surface area contributed by atoms with Gasteiger partial charge in [0.05, 0.1) is 31.8 Å². The Morgan fingerprint density at radius 3 is 2.87 bits per heavy atom. The minimum Gasteiger partial charge on any atom is -0.383 e. The van der Waals surface area contributed by atoms with Crippen LogP contribution in [0, 0.1) is 19.8 Å². The van der Waals surface area contributed by atoms with Crippen molar-refractivity contribution in [2.45, 2.75) is 46.2 Å². The van der Waals surface area contributed by atoms with E-state index < -0.39 is 0 Å². The summed E-state index contributed by atoms with van der Waals surface area (Å²) in [4.78, 5) is 17.7. The lowest BCUT2D eigenvalue weighted by molar-refractivity contribution is -0.934. The van der Waals surface area contributed by atoms with Gasteiger partial charge >= 0.3 is 0 Å². The van der Waals surface area contributed by atoms with Crippen molar-refractivity contribution in [3.8, 4) is 0 Å². The van der Waals surface area contributed by atoms with E-state index in [2.05, 4.69) is 47.3 Å². The summed E-state index contributed by atoms with van der Waals surface area (Å²) >= 11 is 0. The summed E-state index contributed by atoms with van der Waals surface area (Å²) in [5.41, 5.74) is 3.90. The average molecular weight is 412 g/mol. The van der Waals surface area contributed by atoms with E-state index in [0.717, 1.165) is 41.8 Å². The number of likely N-dealkylation sites (tertiary alicyclic amines) is 1. The first-order chi connectivity index (χ1) is 14.5. The first kappa shape index (κ1) is 20.7. The Balaban J connectivity index is 1.85. The van der Waals surface area contributed by atoms with Crippen LogP contribution < -0.4 is 10.5 Å². The molecule has 0 saturated carbocycles. The highest BCUT2D eigenvalue weighted by molar-refractivity contribution is 5.80. The molecule has 1 aliphatic heterocycles. The van der Waals surface area contributed by atoms with Crippen molar-refractivity contribution < 1.29 is 9.64 Å². The van der Waals surface area contributed by atoms with Crippen molar-refractivity contribution in [1.82, 2.24) is 25.2 Å². The molecule has 3 heterocycles. The molecule has 3 atom stereocenters. The largest absolute Gasteiger partial charge is 0.383 e. The summed E-state index contributed by atoms with van der Waals surface area (Å²) in [5.74, 6) is 1.33. The summed E-state index contributed by atoms with van der Waals surface area (Å²) in [7, 11) is 1.66. The number of pyridine rings is 1. The molecule has 3 aromatic rings. The monoisotopic (exact) mass is 411 g/mol. The van der Waals surface area contributed by atoms with Crippen LogP contribution in [0.25, 0.3) is 10.9 Å². The minimum absolute atomic E-state index is 0.0669. The Hall–Kier alpha value is -2.58. The van der Waals surface area contributed by atoms with Gasteiger partial charge in [0, 0.05) is 18.5 Å². The second kappa shape index (κ2) is 8.65. The molecule has 30 heavy (non-hydrogen) atoms. The van der Waals surface area contributed by atoms with E-state index in [9.17, 15) is 4.79 Å². The van der Waals surface area contributed by atoms with Gasteiger partial charge in [0.25, 0.3) is 5.56 Å². The summed E-state index contributed by atoms with van der Waals surface area (Å²) < 4.78 is 7.02. The highest BCUT2D eigenvalue weighted by atomic mass is 16.5. The number of H-pyrrole nitrogens is 1. The van der Waals surface area contributed by atoms with Crippen molar-refractivity contribution in [2.24, 2.45) is 5.92 Å². The van der Waals surface area contributed by atoms with E-state index in [4.69, 9.17) is 4.74 Å². The molecule has 2 N–H and O–H groups in total. The van der Waals surface area contributed by atoms with Gasteiger partial charge in [-0.1, -0.05) is 6.92 Å². The lowest BCUT2D eigenvalue weighted by atomic mass is 9.95. The quantitative estimate of drug-likeness (QED) is 0.636. The second-order valence-corrected chi connectivity index (χ2v) is 8.62. The predicted molar refractivity (Wildman–Crippen MR) is 115 cm³/mol. The number of quaternary nitrogens is 1. The topological polar surface area (TPSA) is 90.1 Å². The molecular weight excluding hydrogens is 380 g/mol. The van der Waals surface area contributed by atoms with E-state index in [1.807, 2.05) is 12.1 Å². The molecule has 0 spiro atoms. The van der Waals surface area contributed by atoms with Gasteiger partial charge in [0.1, 0.15) is 0 Å². The number of methoxy groups -OCH3 is 1. The van der Waals surface area contributed by atoms with Gasteiger partial charge in [-0.05, 0) is 71.8 Å². The van der Waals surface area contributed by atoms with Gasteiger partial charge in [-0.15, -0.1) is 5.10 Å². The molecule has 1 fully saturated rings. The molecule has 8 heteroatoms. The average Bonchev–Trinajstić information content (AvgIpc) is 3.17. The van der Waals surface area contributed by atoms with Gasteiger partial charge in [-0.2, -0.15) is 0 Å². The number of hydrogen-bond donors (Lipinski definition) is 2. The Bertz CT molecular complexity index is 1090. The standard InChI is InChI=1S/C22H30N6O2/c1-14-6-5-7-27(13-14)20(21-24-25-26-28(21)8-9-30-4)18-12-17-10-15(2)16(3)11-19(17)23-22(18)29/h10-12,14,20H,5-9,13H2,1-4H3,(H,23,29)/p+1/t14-,20-/m0/s1. The number of nitrogens with one attached hydrogen (secondary N) is 2. The molecule has 4 rings (SSSR count). The molecule has 1 aliphatic rings. The fraction of sp³-hybridized carbons (Fsp3) is 0.545. The van der Waals surface area contributed by atoms with Crippen molar-refractivity contribution in [2.75, 3.05) is 26.8 Å². The van der Waals surface area contributed by atoms with Crippen LogP contribution >= 0.6 is 0 Å². The first-order valence-corrected chi connectivity index (χ1v) is 10.7. The molecular formula is C22H31N6O2+. The smallest absolute Gasteiger partial charge is 0.258 e. The van der Waals surface area contributed by atoms with E-state index in [1.54, 1.807) is 11.8 Å². The number of nitrogens with zero attached hydrogens (tertiary/aromatic N) is 4. The minimum atomic E-state index is -0.214. The Labute approximate surface area is 176 Å². The molecule has 8 nitrogen and oxygen atoms in total. The Kier molecular flexibility index (Phi) is 5.97. The number of fused-ring (bicyclic) bond motifs is 1. The maximum absolute atomic E-state index is 13.2. The molecule has 160 valence electrons. The number of tetrazole rings is 1. The second-order valence-electron chi connectivity index (χ2n) is 8.62. The van der Waals surface area contributed by atoms with E-state index >= 15 is 0 Å². The number of benzene rings is 1. The third-order valence-electron chi connectivity index (χ3n) is 6.34. The van der Waals surface area contributed by atoms with Crippen LogP contribution in [0.1, 0.15) is 48.3 Å². The third-order valence-corrected chi connectivity index (χ3v) is 6.34. The highest BCUT2D eigenvalue weighted by Gasteiger charge is 2.36. The Morgan fingerprint density at radius 1 is 1.30 bits per heavy atom. The van der Waals surface area contributed by atoms with E-state index in [0.29, 0.717) is 19.1 Å². The molecule has 0 aliphatic carbocycles. The molecule has 0 bridgehead atoms. The fourth-order valence-corrected chi connectivity index (χ4v) is 4.60. The van der Waals surface area contributed by atoms with Crippen molar-refractivity contribution in [3.63, 3.8) is 0 Å². The number of ether oxygens (including phenoxy) is 1. The van der Waals surface area contributed by atoms with Crippen LogP contribution in [-0.2, 0) is 11.3 Å². The van der Waals surface area contributed by atoms with E-state index in [-0.39, 0.29) is 11.6 Å². The van der Waals surface area contributed by atoms with Gasteiger partial charge < -0.3 is 14.6 Å². The van der Waals surface area contributed by atoms with Gasteiger partial charge in [0.2, 0.25) is 5.82 Å². The summed E-state index contributed by atoms with van der Waals surface area (Å²) in [5, 5.41) is 13.5. The fourth-order valence-electron chi connectivity index (χ4n) is 4.60. The van der Waals surface area contributed by atoms with Crippen molar-refractivity contribution >= 4 is 10.9 Å². The van der Waals surface area contributed by atoms with Crippen molar-refractivity contribution in [1.29, 1.82) is 0 Å². The summed E-state index contributed by atoms with van der Waals surface area (Å²) in [6.07, 6.45) is 2.35. The molecule has 1 unspecified atom stereocenters. The van der Waals surface area contributed by atoms with Crippen LogP contribution in [0.3, 0.4) is 0 Å². The van der Waals surface area contributed by atoms with Crippen LogP contribution in [-0.4, -0.2) is 52.0 Å². The van der Waals surface area contributed by atoms with Crippen LogP contribution in [0.4, 0.5) is 0 Å². The zero-order chi connectivity index (χ0) is 21.3. The summed E-state index contributed by atoms with van der Waals surface area (Å²) in [6, 6.07) is 6.01. The zero-order valence-corrected chi connectivity index (χ0v) is 18.2.